The van der Waals surface area contributed by atoms with Gasteiger partial charge in [0.2, 0.25) is 0 Å². The van der Waals surface area contributed by atoms with Gasteiger partial charge in [-0.15, -0.1) is 0 Å². The molecule has 1 fully saturated rings. The molecule has 0 atom stereocenters. The maximum absolute atomic E-state index is 13.3. The first-order chi connectivity index (χ1) is 9.69. The third-order valence-electron chi connectivity index (χ3n) is 2.84. The topological polar surface area (TPSA) is 18.5 Å². The Morgan fingerprint density at radius 2 is 1.95 bits per heavy atom. The lowest BCUT2D eigenvalue weighted by atomic mass is 10.2. The molecule has 0 spiro atoms. The van der Waals surface area contributed by atoms with Gasteiger partial charge in [0.15, 0.2) is 6.29 Å². The summed E-state index contributed by atoms with van der Waals surface area (Å²) in [7, 11) is 0. The van der Waals surface area contributed by atoms with Gasteiger partial charge in [0.1, 0.15) is 11.6 Å². The fourth-order valence-electron chi connectivity index (χ4n) is 1.70. The largest absolute Gasteiger partial charge is 0.348 e. The fourth-order valence-corrected chi connectivity index (χ4v) is 2.13. The normalized spacial score (nSPS) is 23.8. The summed E-state index contributed by atoms with van der Waals surface area (Å²) in [6, 6.07) is 3.48. The van der Waals surface area contributed by atoms with E-state index in [0.717, 1.165) is 6.07 Å². The summed E-state index contributed by atoms with van der Waals surface area (Å²) >= 11 is 1.72. The summed E-state index contributed by atoms with van der Waals surface area (Å²) in [4.78, 5) is 0. The molecule has 1 aromatic carbocycles. The third kappa shape index (κ3) is 4.44. The Hall–Kier alpha value is -1.17. The molecule has 0 N–H and O–H groups in total. The average Bonchev–Trinajstić information content (AvgIpc) is 2.46. The number of rotatable bonds is 4. The highest BCUT2D eigenvalue weighted by molar-refractivity contribution is 7.99. The van der Waals surface area contributed by atoms with Gasteiger partial charge < -0.3 is 9.47 Å². The molecule has 108 valence electrons. The smallest absolute Gasteiger partial charge is 0.177 e. The molecule has 1 heterocycles. The Morgan fingerprint density at radius 1 is 1.20 bits per heavy atom. The molecule has 1 aliphatic heterocycles. The second-order valence-electron chi connectivity index (χ2n) is 4.30. The standard InChI is InChI=1S/C15H16F2O2S/c1-20-13-9-18-15(19-10-13)5-3-2-4-11-6-7-12(16)8-14(11)17/h2-8,13,15H,9-10H2,1H3/b4-2+,5-3+. The third-order valence-corrected chi connectivity index (χ3v) is 3.78. The minimum atomic E-state index is -0.581. The van der Waals surface area contributed by atoms with Crippen molar-refractivity contribution in [3.63, 3.8) is 0 Å². The summed E-state index contributed by atoms with van der Waals surface area (Å²) in [5.41, 5.74) is 0.337. The van der Waals surface area contributed by atoms with Gasteiger partial charge in [-0.25, -0.2) is 8.78 Å². The lowest BCUT2D eigenvalue weighted by molar-refractivity contribution is -0.146. The number of halogens is 2. The van der Waals surface area contributed by atoms with E-state index in [1.807, 2.05) is 6.26 Å². The van der Waals surface area contributed by atoms with Crippen LogP contribution in [0.2, 0.25) is 0 Å². The highest BCUT2D eigenvalue weighted by Gasteiger charge is 2.18. The van der Waals surface area contributed by atoms with Gasteiger partial charge in [-0.05, 0) is 24.5 Å². The molecule has 1 aromatic rings. The van der Waals surface area contributed by atoms with Crippen LogP contribution in [0.25, 0.3) is 6.08 Å². The Labute approximate surface area is 121 Å². The van der Waals surface area contributed by atoms with Gasteiger partial charge in [-0.3, -0.25) is 0 Å². The van der Waals surface area contributed by atoms with Crippen molar-refractivity contribution in [2.24, 2.45) is 0 Å². The van der Waals surface area contributed by atoms with Crippen molar-refractivity contribution in [2.75, 3.05) is 19.5 Å². The van der Waals surface area contributed by atoms with E-state index < -0.39 is 11.6 Å². The van der Waals surface area contributed by atoms with E-state index in [9.17, 15) is 8.78 Å². The van der Waals surface area contributed by atoms with Crippen molar-refractivity contribution in [1.29, 1.82) is 0 Å². The summed E-state index contributed by atoms with van der Waals surface area (Å²) in [6.07, 6.45) is 8.39. The lowest BCUT2D eigenvalue weighted by Crippen LogP contribution is -2.32. The molecule has 5 heteroatoms. The SMILES string of the molecule is CSC1COC(/C=C/C=C/c2ccc(F)cc2F)OC1. The minimum absolute atomic E-state index is 0.337. The molecular formula is C15H16F2O2S. The number of ether oxygens (including phenoxy) is 2. The number of benzene rings is 1. The zero-order valence-corrected chi connectivity index (χ0v) is 11.9. The fraction of sp³-hybridized carbons (Fsp3) is 0.333. The first-order valence-corrected chi connectivity index (χ1v) is 7.54. The van der Waals surface area contributed by atoms with E-state index in [4.69, 9.17) is 9.47 Å². The van der Waals surface area contributed by atoms with Gasteiger partial charge >= 0.3 is 0 Å². The van der Waals surface area contributed by atoms with E-state index in [1.165, 1.54) is 12.1 Å². The minimum Gasteiger partial charge on any atom is -0.348 e. The molecule has 2 rings (SSSR count). The zero-order chi connectivity index (χ0) is 14.4. The maximum Gasteiger partial charge on any atom is 0.177 e. The Balaban J connectivity index is 1.85. The van der Waals surface area contributed by atoms with E-state index in [-0.39, 0.29) is 6.29 Å². The van der Waals surface area contributed by atoms with Crippen LogP contribution in [0.3, 0.4) is 0 Å². The van der Waals surface area contributed by atoms with E-state index in [1.54, 1.807) is 36.1 Å². The van der Waals surface area contributed by atoms with Crippen LogP contribution in [0.5, 0.6) is 0 Å². The van der Waals surface area contributed by atoms with E-state index in [0.29, 0.717) is 24.0 Å². The Bertz CT molecular complexity index is 495. The van der Waals surface area contributed by atoms with Crippen molar-refractivity contribution < 1.29 is 18.3 Å². The number of hydrogen-bond donors (Lipinski definition) is 0. The van der Waals surface area contributed by atoms with Gasteiger partial charge in [-0.1, -0.05) is 18.2 Å². The van der Waals surface area contributed by atoms with Crippen molar-refractivity contribution in [3.8, 4) is 0 Å². The molecule has 20 heavy (non-hydrogen) atoms. The molecule has 0 aromatic heterocycles. The summed E-state index contributed by atoms with van der Waals surface area (Å²) in [5, 5.41) is 0.378. The van der Waals surface area contributed by atoms with Crippen LogP contribution >= 0.6 is 11.8 Å². The van der Waals surface area contributed by atoms with Crippen LogP contribution in [0.1, 0.15) is 5.56 Å². The van der Waals surface area contributed by atoms with Crippen LogP contribution in [0, 0.1) is 11.6 Å². The number of thioether (sulfide) groups is 1. The van der Waals surface area contributed by atoms with Crippen molar-refractivity contribution in [2.45, 2.75) is 11.5 Å². The summed E-state index contributed by atoms with van der Waals surface area (Å²) in [5.74, 6) is -1.16. The first kappa shape index (κ1) is 15.2. The maximum atomic E-state index is 13.3. The molecule has 1 saturated heterocycles. The van der Waals surface area contributed by atoms with Crippen LogP contribution in [0.4, 0.5) is 8.78 Å². The second-order valence-corrected chi connectivity index (χ2v) is 5.44. The van der Waals surface area contributed by atoms with E-state index in [2.05, 4.69) is 0 Å². The summed E-state index contributed by atoms with van der Waals surface area (Å²) in [6.45, 7) is 1.32. The first-order valence-electron chi connectivity index (χ1n) is 6.25. The van der Waals surface area contributed by atoms with Crippen LogP contribution in [0.15, 0.2) is 36.4 Å². The molecular weight excluding hydrogens is 282 g/mol. The molecule has 0 amide bonds. The van der Waals surface area contributed by atoms with Gasteiger partial charge in [0, 0.05) is 11.6 Å². The van der Waals surface area contributed by atoms with Gasteiger partial charge in [-0.2, -0.15) is 11.8 Å². The zero-order valence-electron chi connectivity index (χ0n) is 11.1. The second kappa shape index (κ2) is 7.57. The highest BCUT2D eigenvalue weighted by Crippen LogP contribution is 2.16. The van der Waals surface area contributed by atoms with Crippen LogP contribution < -0.4 is 0 Å². The average molecular weight is 298 g/mol. The monoisotopic (exact) mass is 298 g/mol. The molecule has 0 aliphatic carbocycles. The van der Waals surface area contributed by atoms with Crippen molar-refractivity contribution in [3.05, 3.63) is 53.6 Å². The predicted molar refractivity (Wildman–Crippen MR) is 77.5 cm³/mol. The van der Waals surface area contributed by atoms with Crippen molar-refractivity contribution >= 4 is 17.8 Å². The lowest BCUT2D eigenvalue weighted by Gasteiger charge is -2.26. The Morgan fingerprint density at radius 3 is 2.60 bits per heavy atom. The van der Waals surface area contributed by atoms with Crippen LogP contribution in [-0.4, -0.2) is 31.0 Å². The number of allylic oxidation sites excluding steroid dienone is 2. The highest BCUT2D eigenvalue weighted by atomic mass is 32.2. The van der Waals surface area contributed by atoms with Gasteiger partial charge in [0.25, 0.3) is 0 Å². The molecule has 0 unspecified atom stereocenters. The molecule has 0 bridgehead atoms. The Kier molecular flexibility index (Phi) is 5.76. The molecule has 0 saturated carbocycles. The summed E-state index contributed by atoms with van der Waals surface area (Å²) < 4.78 is 37.0. The molecule has 0 radical (unpaired) electrons. The number of hydrogen-bond acceptors (Lipinski definition) is 3. The van der Waals surface area contributed by atoms with Crippen molar-refractivity contribution in [1.82, 2.24) is 0 Å². The molecule has 1 aliphatic rings. The van der Waals surface area contributed by atoms with E-state index >= 15 is 0 Å². The van der Waals surface area contributed by atoms with Gasteiger partial charge in [0.05, 0.1) is 18.5 Å². The quantitative estimate of drug-likeness (QED) is 0.791. The predicted octanol–water partition coefficient (Wildman–Crippen LogP) is 3.64. The molecule has 2 nitrogen and oxygen atoms in total. The van der Waals surface area contributed by atoms with Crippen LogP contribution in [-0.2, 0) is 9.47 Å².